The van der Waals surface area contributed by atoms with Gasteiger partial charge in [0.05, 0.1) is 25.0 Å². The van der Waals surface area contributed by atoms with Crippen LogP contribution in [-0.4, -0.2) is 77.0 Å². The molecular weight excluding hydrogens is 796 g/mol. The Morgan fingerprint density at radius 3 is 2.22 bits per heavy atom. The van der Waals surface area contributed by atoms with E-state index < -0.39 is 50.3 Å². The van der Waals surface area contributed by atoms with Gasteiger partial charge in [-0.2, -0.15) is 15.3 Å². The van der Waals surface area contributed by atoms with Crippen LogP contribution >= 0.6 is 7.82 Å². The highest BCUT2D eigenvalue weighted by atomic mass is 31.2. The Labute approximate surface area is 351 Å². The molecule has 18 heteroatoms. The van der Waals surface area contributed by atoms with E-state index in [9.17, 15) is 29.3 Å². The van der Waals surface area contributed by atoms with Crippen molar-refractivity contribution >= 4 is 19.2 Å². The first-order chi connectivity index (χ1) is 29.1. The maximum absolute atomic E-state index is 14.6. The van der Waals surface area contributed by atoms with Gasteiger partial charge >= 0.3 is 7.82 Å². The molecule has 6 atom stereocenters. The smallest absolute Gasteiger partial charge is 0.387 e. The topological polar surface area (TPSA) is 234 Å². The normalized spacial score (nSPS) is 20.7. The number of fused-ring (bicyclic) bond motifs is 1. The molecule has 4 aromatic rings. The highest BCUT2D eigenvalue weighted by Crippen LogP contribution is 2.48. The molecule has 1 aliphatic heterocycles. The van der Waals surface area contributed by atoms with Crippen LogP contribution in [0.25, 0.3) is 16.9 Å². The molecule has 3 aromatic heterocycles. The Morgan fingerprint density at radius 1 is 0.950 bits per heavy atom. The van der Waals surface area contributed by atoms with Crippen molar-refractivity contribution < 1.29 is 47.1 Å². The van der Waals surface area contributed by atoms with Crippen molar-refractivity contribution in [1.29, 1.82) is 5.26 Å². The minimum atomic E-state index is -4.88. The fraction of sp³-hybridized carbons (Fsp3) is 0.643. The lowest BCUT2D eigenvalue weighted by atomic mass is 9.96. The number of phosphoric acid groups is 1. The number of aliphatic hydroxyl groups excluding tert-OH is 2. The van der Waals surface area contributed by atoms with Crippen LogP contribution in [0.3, 0.4) is 0 Å². The van der Waals surface area contributed by atoms with Crippen LogP contribution in [0.5, 0.6) is 0 Å². The third-order valence-electron chi connectivity index (χ3n) is 11.0. The summed E-state index contributed by atoms with van der Waals surface area (Å²) in [6, 6.07) is 9.18. The molecule has 1 fully saturated rings. The molecule has 330 valence electrons. The summed E-state index contributed by atoms with van der Waals surface area (Å²) in [5.74, 6) is -0.152. The van der Waals surface area contributed by atoms with Gasteiger partial charge in [0.2, 0.25) is 17.8 Å². The molecule has 1 aromatic carbocycles. The van der Waals surface area contributed by atoms with Crippen molar-refractivity contribution in [3.05, 3.63) is 60.1 Å². The van der Waals surface area contributed by atoms with E-state index in [0.717, 1.165) is 32.1 Å². The maximum atomic E-state index is 14.6. The average Bonchev–Trinajstić information content (AvgIpc) is 3.99. The highest BCUT2D eigenvalue weighted by molar-refractivity contribution is 7.47. The molecule has 16 nitrogen and oxygen atoms in total. The van der Waals surface area contributed by atoms with E-state index in [1.165, 1.54) is 106 Å². The first-order valence-electron chi connectivity index (χ1n) is 21.4. The van der Waals surface area contributed by atoms with Gasteiger partial charge in [-0.05, 0) is 42.3 Å². The van der Waals surface area contributed by atoms with Gasteiger partial charge < -0.3 is 34.8 Å². The number of nitriles is 1. The Kier molecular flexibility index (Phi) is 18.9. The van der Waals surface area contributed by atoms with Crippen LogP contribution in [0.2, 0.25) is 0 Å². The van der Waals surface area contributed by atoms with E-state index in [1.807, 2.05) is 0 Å². The monoisotopic (exact) mass is 857 g/mol. The van der Waals surface area contributed by atoms with Gasteiger partial charge in [0.25, 0.3) is 0 Å². The SMILES string of the molecule is CCCCCCCCCCCCCCCCCCC[C@H](COP(=O)(O)OC[C@@]1(C#N)O[C@@H](c2ccc3c(N)ncnn23)[C@H](O)[C@@H]1O)OCc1cc(F)cc(-c2ncon2)c1. The number of anilines is 1. The second-order valence-electron chi connectivity index (χ2n) is 15.7. The van der Waals surface area contributed by atoms with Crippen LogP contribution in [-0.2, 0) is 29.7 Å². The van der Waals surface area contributed by atoms with Crippen molar-refractivity contribution in [2.45, 2.75) is 159 Å². The van der Waals surface area contributed by atoms with E-state index in [4.69, 9.17) is 28.8 Å². The van der Waals surface area contributed by atoms with E-state index in [2.05, 4.69) is 27.1 Å². The zero-order valence-electron chi connectivity index (χ0n) is 34.6. The minimum Gasteiger partial charge on any atom is -0.387 e. The van der Waals surface area contributed by atoms with Crippen molar-refractivity contribution in [1.82, 2.24) is 24.7 Å². The number of unbranched alkanes of at least 4 members (excludes halogenated alkanes) is 16. The van der Waals surface area contributed by atoms with Gasteiger partial charge in [-0.3, -0.25) is 9.05 Å². The predicted octanol–water partition coefficient (Wildman–Crippen LogP) is 8.32. The zero-order chi connectivity index (χ0) is 42.8. The summed E-state index contributed by atoms with van der Waals surface area (Å²) < 4.78 is 56.5. The molecule has 1 saturated heterocycles. The molecule has 0 spiro atoms. The summed E-state index contributed by atoms with van der Waals surface area (Å²) >= 11 is 0. The Bertz CT molecular complexity index is 1970. The molecule has 4 heterocycles. The second-order valence-corrected chi connectivity index (χ2v) is 17.1. The van der Waals surface area contributed by atoms with E-state index >= 15 is 0 Å². The second kappa shape index (κ2) is 24.0. The van der Waals surface area contributed by atoms with Gasteiger partial charge in [0.15, 0.2) is 5.82 Å². The van der Waals surface area contributed by atoms with Gasteiger partial charge in [-0.15, -0.1) is 0 Å². The fourth-order valence-electron chi connectivity index (χ4n) is 7.55. The lowest BCUT2D eigenvalue weighted by Crippen LogP contribution is -2.45. The summed E-state index contributed by atoms with van der Waals surface area (Å²) in [7, 11) is -4.88. The largest absolute Gasteiger partial charge is 0.472 e. The maximum Gasteiger partial charge on any atom is 0.472 e. The molecule has 60 heavy (non-hydrogen) atoms. The summed E-state index contributed by atoms with van der Waals surface area (Å²) in [6.45, 7) is 0.916. The zero-order valence-corrected chi connectivity index (χ0v) is 35.5. The van der Waals surface area contributed by atoms with Crippen LogP contribution in [0, 0.1) is 17.1 Å². The van der Waals surface area contributed by atoms with Gasteiger partial charge in [-0.1, -0.05) is 121 Å². The molecule has 0 bridgehead atoms. The van der Waals surface area contributed by atoms with Crippen molar-refractivity contribution in [2.24, 2.45) is 0 Å². The number of nitrogen functional groups attached to an aromatic ring is 1. The van der Waals surface area contributed by atoms with E-state index in [0.29, 0.717) is 23.1 Å². The number of phosphoric ester groups is 1. The first kappa shape index (κ1) is 47.2. The number of nitrogens with two attached hydrogens (primary N) is 1. The molecule has 1 unspecified atom stereocenters. The first-order valence-corrected chi connectivity index (χ1v) is 22.9. The molecule has 0 amide bonds. The number of benzene rings is 1. The number of nitrogens with zero attached hydrogens (tertiary/aromatic N) is 6. The van der Waals surface area contributed by atoms with Crippen LogP contribution in [0.15, 0.2) is 47.6 Å². The quantitative estimate of drug-likeness (QED) is 0.0297. The van der Waals surface area contributed by atoms with Crippen LogP contribution < -0.4 is 5.73 Å². The van der Waals surface area contributed by atoms with E-state index in [-0.39, 0.29) is 30.5 Å². The van der Waals surface area contributed by atoms with E-state index in [1.54, 1.807) is 24.3 Å². The minimum absolute atomic E-state index is 0.0476. The summed E-state index contributed by atoms with van der Waals surface area (Å²) in [6.07, 6.45) is 18.3. The standard InChI is InChI=1S/C42H61FN7O9P/c1-2-3-4-5-6-7-8-9-10-11-12-13-14-15-16-17-18-19-34(55-25-31-22-32(24-33(43)23-31)41-47-30-56-49-41)26-57-60(53,54)58-28-42(27-44)39(52)37(51)38(59-42)35-20-21-36-40(45)46-29-48-50(35)36/h20-24,29-30,34,37-39,51-52H,2-19,25-26,28H2,1H3,(H,53,54)(H2,45,46,48)/t34-,37+,38+,39+,42-/m1/s1. The Morgan fingerprint density at radius 2 is 1.60 bits per heavy atom. The molecule has 1 aliphatic rings. The number of aromatic nitrogens is 5. The number of hydrogen-bond acceptors (Lipinski definition) is 14. The lowest BCUT2D eigenvalue weighted by molar-refractivity contribution is -0.0763. The molecule has 0 radical (unpaired) electrons. The van der Waals surface area contributed by atoms with Crippen LogP contribution in [0.1, 0.15) is 140 Å². The molecule has 0 aliphatic carbocycles. The summed E-state index contributed by atoms with van der Waals surface area (Å²) in [5.41, 5.74) is 5.22. The number of halogens is 1. The van der Waals surface area contributed by atoms with Crippen molar-refractivity contribution in [2.75, 3.05) is 18.9 Å². The summed E-state index contributed by atoms with van der Waals surface area (Å²) in [5, 5.41) is 39.9. The Balaban J connectivity index is 1.09. The van der Waals surface area contributed by atoms with Gasteiger partial charge in [0.1, 0.15) is 48.6 Å². The molecular formula is C42H61FN7O9P. The number of aliphatic hydroxyl groups is 2. The average molecular weight is 858 g/mol. The third-order valence-corrected chi connectivity index (χ3v) is 11.9. The van der Waals surface area contributed by atoms with Crippen molar-refractivity contribution in [3.63, 3.8) is 0 Å². The predicted molar refractivity (Wildman–Crippen MR) is 220 cm³/mol. The fourth-order valence-corrected chi connectivity index (χ4v) is 8.34. The van der Waals surface area contributed by atoms with Gasteiger partial charge in [-0.25, -0.2) is 18.5 Å². The summed E-state index contributed by atoms with van der Waals surface area (Å²) in [4.78, 5) is 18.6. The number of ether oxygens (including phenoxy) is 2. The highest BCUT2D eigenvalue weighted by Gasteiger charge is 2.57. The number of hydrogen-bond donors (Lipinski definition) is 4. The number of rotatable bonds is 29. The van der Waals surface area contributed by atoms with Gasteiger partial charge in [0, 0.05) is 5.56 Å². The van der Waals surface area contributed by atoms with Crippen LogP contribution in [0.4, 0.5) is 10.2 Å². The molecule has 5 rings (SSSR count). The molecule has 0 saturated carbocycles. The Hall–Kier alpha value is -3.85. The molecule has 5 N–H and O–H groups in total. The third kappa shape index (κ3) is 13.8. The lowest BCUT2D eigenvalue weighted by Gasteiger charge is -2.26. The van der Waals surface area contributed by atoms with Crippen molar-refractivity contribution in [3.8, 4) is 17.5 Å².